The molecule has 3 aromatic rings. The Kier molecular flexibility index (Phi) is 39.2. The largest absolute Gasteiger partial charge is 0.497 e. The lowest BCUT2D eigenvalue weighted by Gasteiger charge is -2.38. The molecule has 148 heavy (non-hydrogen) atoms. The molecular formula is C107H154F3N15O23. The number of likely N-dealkylation sites (tertiary alicyclic amines) is 3. The lowest BCUT2D eigenvalue weighted by Crippen LogP contribution is -2.62. The number of nitrogens with two attached hydrogens (primary N) is 1. The van der Waals surface area contributed by atoms with Crippen molar-refractivity contribution in [1.29, 1.82) is 0 Å². The number of likely N-dealkylation sites (N-methyl/N-ethyl adjacent to an activating group) is 1. The van der Waals surface area contributed by atoms with Gasteiger partial charge >= 0.3 is 42.2 Å². The molecule has 8 fully saturated rings. The van der Waals surface area contributed by atoms with Crippen LogP contribution in [0.25, 0.3) is 0 Å². The quantitative estimate of drug-likeness (QED) is 0.0110. The van der Waals surface area contributed by atoms with Crippen LogP contribution in [0, 0.1) is 85.2 Å². The van der Waals surface area contributed by atoms with E-state index in [0.717, 1.165) is 37.4 Å². The number of primary amides is 1. The number of methoxy groups -OCH3 is 1. The number of alkyl halides is 3. The Hall–Kier alpha value is -12.6. The van der Waals surface area contributed by atoms with E-state index in [2.05, 4.69) is 65.1 Å². The standard InChI is InChI=1S/C38H49N5O7.C37H55N5O8.C32H50F3N5O8/c1-37(2,3)31(42-36(49)41-28(24-17-10-7-11-18-24)35(48)50-21-23-13-8-6-9-14-23)34(47)43-20-25-27(38(25,4)5)29(43)33(46)40-26(30(44)32(39)45)19-22-15-12-16-22;1-11-13-25(29(43)32(45)38-18-12-2)39-31(44)28-26-24(37(26,8)9)19-42(28)33(46)30(36(5,6)7)41-35(48)40-27(21(3)4)34(47)50-20-22-14-16-23(49-10)17-15-22;1-29(2,3)22(38-28(46)39-23(30(4,5)6)27(45)48-16-11-13-47-15-16)26(44)40-14-17-19(31(17,7)8)20(40)24(42)37-18(10-12-32(33,34)35)21(41)25(43)36-9/h6-11,13-14,17-18,22,25-29,31H,12,15-16,19-21H2,1-5H3,(H2,39,45)(H,40,46)(H2,41,42,49);12,14-17,21,24-28,30H,2,11,13,18-20H2,1,3-10H3,(H,38,45)(H,39,44)(H2,40,41,48);16-20,22-23H,10-15H2,1-9H3,(H,36,43)(H,37,42)(H2,38,39,46)/t25-,26?,27-,28+,29-,31+;24-,25?,26-,27-,28-,30+;16?,17-,18?,19-,20-,22+,23+/m000/s1. The molecule has 8 aliphatic rings. The SMILES string of the molecule is C=CCNC(=O)C(=O)C(CCC)NC(=O)[C@@H]1[C@@H]2[C@H](CN1C(=O)[C@@H](NC(=O)N[C@H](C(=O)OCc1ccc(OC)cc1)C(C)C)C(C)(C)C)C2(C)C.CC(C)(C)[C@H](NC(=O)N[C@@H](C(=O)OCc1ccccc1)c1ccccc1)C(=O)N1C[C@H]2[C@@H]([C@H]1C(=O)NC(CC1CCC1)C(=O)C(N)=O)C2(C)C.CNC(=O)C(=O)C(CCC(F)(F)F)NC(=O)[C@@H]1[C@@H]2[C@H](CN1C(=O)[C@@H](NC(=O)N[C@H](C(=O)OC1CCOC1)C(C)(C)C)C(C)(C)C)C2(C)C. The second-order valence-electron chi connectivity index (χ2n) is 46.4. The van der Waals surface area contributed by atoms with Crippen LogP contribution in [0.1, 0.15) is 226 Å². The Balaban J connectivity index is 0.000000247. The van der Waals surface area contributed by atoms with Crippen LogP contribution in [-0.2, 0) is 104 Å². The maximum atomic E-state index is 14.4. The number of piperidine rings is 3. The first-order chi connectivity index (χ1) is 68.9. The van der Waals surface area contributed by atoms with Gasteiger partial charge in [-0.25, -0.2) is 28.8 Å². The number of ketones is 3. The van der Waals surface area contributed by atoms with Crippen molar-refractivity contribution >= 4 is 107 Å². The van der Waals surface area contributed by atoms with Gasteiger partial charge in [0.2, 0.25) is 52.8 Å². The van der Waals surface area contributed by atoms with Crippen LogP contribution in [0.2, 0.25) is 0 Å². The van der Waals surface area contributed by atoms with Crippen LogP contribution in [0.5, 0.6) is 5.75 Å². The van der Waals surface area contributed by atoms with E-state index in [4.69, 9.17) is 29.4 Å². The van der Waals surface area contributed by atoms with Gasteiger partial charge in [0.05, 0.1) is 38.4 Å². The number of benzene rings is 3. The number of carbonyl (C=O) groups excluding carboxylic acids is 18. The number of Topliss-reactive ketones (excluding diaryl/α,β-unsaturated/α-hetero) is 3. The summed E-state index contributed by atoms with van der Waals surface area (Å²) in [4.78, 5) is 244. The average molecular weight is 2080 g/mol. The van der Waals surface area contributed by atoms with Gasteiger partial charge in [-0.05, 0) is 133 Å². The van der Waals surface area contributed by atoms with Crippen LogP contribution in [0.4, 0.5) is 27.6 Å². The van der Waals surface area contributed by atoms with Crippen LogP contribution in [0.3, 0.4) is 0 Å². The number of fused-ring (bicyclic) bond motifs is 3. The fourth-order valence-electron chi connectivity index (χ4n) is 20.5. The molecule has 38 nitrogen and oxygen atoms in total. The van der Waals surface area contributed by atoms with Gasteiger partial charge in [-0.1, -0.05) is 250 Å². The highest BCUT2D eigenvalue weighted by molar-refractivity contribution is 6.39. The van der Waals surface area contributed by atoms with Gasteiger partial charge in [0.1, 0.15) is 73.4 Å². The molecule has 816 valence electrons. The van der Waals surface area contributed by atoms with Crippen LogP contribution >= 0.6 is 0 Å². The first kappa shape index (κ1) is 119. The van der Waals surface area contributed by atoms with Crippen molar-refractivity contribution in [2.45, 2.75) is 301 Å². The summed E-state index contributed by atoms with van der Waals surface area (Å²) in [6.07, 6.45) is -1.47. The van der Waals surface area contributed by atoms with Gasteiger partial charge in [-0.15, -0.1) is 6.58 Å². The normalized spacial score (nSPS) is 22.8. The van der Waals surface area contributed by atoms with Crippen molar-refractivity contribution in [3.05, 3.63) is 114 Å². The van der Waals surface area contributed by atoms with Crippen molar-refractivity contribution < 1.29 is 123 Å². The zero-order valence-corrected chi connectivity index (χ0v) is 89.5. The highest BCUT2D eigenvalue weighted by Gasteiger charge is 2.73. The lowest BCUT2D eigenvalue weighted by molar-refractivity contribution is -0.154. The third-order valence-electron chi connectivity index (χ3n) is 29.9. The number of urea groups is 3. The molecule has 4 heterocycles. The van der Waals surface area contributed by atoms with Gasteiger partial charge in [-0.2, -0.15) is 13.2 Å². The first-order valence-electron chi connectivity index (χ1n) is 50.8. The van der Waals surface area contributed by atoms with Crippen molar-refractivity contribution in [2.75, 3.05) is 53.6 Å². The molecule has 15 amide bonds. The number of ether oxygens (including phenoxy) is 5. The molecule has 0 spiro atoms. The maximum absolute atomic E-state index is 14.4. The van der Waals surface area contributed by atoms with E-state index >= 15 is 0 Å². The summed E-state index contributed by atoms with van der Waals surface area (Å²) < 4.78 is 66.3. The van der Waals surface area contributed by atoms with E-state index in [9.17, 15) is 99.5 Å². The topological polar surface area (TPSA) is 521 Å². The van der Waals surface area contributed by atoms with Gasteiger partial charge in [-0.3, -0.25) is 57.5 Å². The predicted octanol–water partition coefficient (Wildman–Crippen LogP) is 8.59. The summed E-state index contributed by atoms with van der Waals surface area (Å²) in [6.45, 7) is 43.6. The molecule has 41 heteroatoms. The zero-order chi connectivity index (χ0) is 110. The second-order valence-corrected chi connectivity index (χ2v) is 46.4. The molecule has 3 aromatic carbocycles. The number of amides is 15. The molecule has 4 saturated heterocycles. The Bertz CT molecular complexity index is 5330. The fraction of sp³-hybridized carbons (Fsp3) is 0.645. The molecule has 4 aliphatic heterocycles. The maximum Gasteiger partial charge on any atom is 0.389 e. The predicted molar refractivity (Wildman–Crippen MR) is 538 cm³/mol. The summed E-state index contributed by atoms with van der Waals surface area (Å²) in [7, 11) is 2.70. The van der Waals surface area contributed by atoms with Crippen LogP contribution in [-0.4, -0.2) is 254 Å². The molecular weight excluding hydrogens is 1920 g/mol. The number of hydrogen-bond acceptors (Lipinski definition) is 23. The third kappa shape index (κ3) is 30.0. The molecule has 4 unspecified atom stereocenters. The smallest absolute Gasteiger partial charge is 0.389 e. The van der Waals surface area contributed by atoms with Gasteiger partial charge in [0.15, 0.2) is 6.04 Å². The zero-order valence-electron chi connectivity index (χ0n) is 89.5. The van der Waals surface area contributed by atoms with Gasteiger partial charge in [0.25, 0.3) is 17.7 Å². The van der Waals surface area contributed by atoms with Crippen LogP contribution in [0.15, 0.2) is 97.6 Å². The minimum Gasteiger partial charge on any atom is -0.497 e. The molecule has 4 saturated carbocycles. The number of halogens is 3. The van der Waals surface area contributed by atoms with E-state index in [0.29, 0.717) is 50.3 Å². The fourth-order valence-corrected chi connectivity index (χ4v) is 20.5. The van der Waals surface area contributed by atoms with Gasteiger partial charge in [0, 0.05) is 46.1 Å². The van der Waals surface area contributed by atoms with E-state index in [-0.39, 0.29) is 97.5 Å². The lowest BCUT2D eigenvalue weighted by atomic mass is 9.80. The Morgan fingerprint density at radius 3 is 1.29 bits per heavy atom. The number of hydrogen-bond donors (Lipinski definition) is 12. The van der Waals surface area contributed by atoms with E-state index in [1.807, 2.05) is 78.8 Å². The van der Waals surface area contributed by atoms with Crippen molar-refractivity contribution in [2.24, 2.45) is 91.0 Å². The van der Waals surface area contributed by atoms with E-state index in [1.54, 1.807) is 159 Å². The minimum absolute atomic E-state index is 0.000249. The van der Waals surface area contributed by atoms with Crippen molar-refractivity contribution in [3.8, 4) is 5.75 Å². The second kappa shape index (κ2) is 48.8. The molecule has 0 radical (unpaired) electrons. The van der Waals surface area contributed by atoms with Crippen molar-refractivity contribution in [3.63, 3.8) is 0 Å². The summed E-state index contributed by atoms with van der Waals surface area (Å²) in [5.41, 5.74) is 3.28. The Morgan fingerprint density at radius 2 is 0.905 bits per heavy atom. The molecule has 13 N–H and O–H groups in total. The molecule has 19 atom stereocenters. The highest BCUT2D eigenvalue weighted by atomic mass is 19.4. The minimum atomic E-state index is -4.65. The highest BCUT2D eigenvalue weighted by Crippen LogP contribution is 2.67. The first-order valence-corrected chi connectivity index (χ1v) is 50.8. The monoisotopic (exact) mass is 2070 g/mol. The summed E-state index contributed by atoms with van der Waals surface area (Å²) >= 11 is 0. The van der Waals surface area contributed by atoms with E-state index < -0.39 is 231 Å². The van der Waals surface area contributed by atoms with Crippen molar-refractivity contribution in [1.82, 2.24) is 73.2 Å². The summed E-state index contributed by atoms with van der Waals surface area (Å²) in [5.74, 6) is -11.6. The summed E-state index contributed by atoms with van der Waals surface area (Å²) in [5, 5.41) is 28.7. The number of carbonyl (C=O) groups is 18. The average Bonchev–Trinajstić information content (AvgIpc) is 1.53. The third-order valence-corrected chi connectivity index (χ3v) is 29.9. The molecule has 11 rings (SSSR count). The van der Waals surface area contributed by atoms with Gasteiger partial charge < -0.3 is 103 Å². The molecule has 0 aromatic heterocycles. The number of nitrogens with zero attached hydrogens (tertiary/aromatic N) is 3. The van der Waals surface area contributed by atoms with E-state index in [1.165, 1.54) is 20.8 Å². The summed E-state index contributed by atoms with van der Waals surface area (Å²) in [6, 6.07) is 9.08. The van der Waals surface area contributed by atoms with Crippen LogP contribution < -0.4 is 69.0 Å². The Labute approximate surface area is 864 Å². The number of rotatable bonds is 40. The number of esters is 3. The Morgan fingerprint density at radius 1 is 0.500 bits per heavy atom. The molecule has 0 bridgehead atoms. The molecule has 4 aliphatic carbocycles. The number of nitrogens with one attached hydrogen (secondary N) is 11.